The Kier molecular flexibility index (Phi) is 8.19. The number of hydrogen-bond acceptors (Lipinski definition) is 5. The Hall–Kier alpha value is -2.89. The number of rotatable bonds is 11. The van der Waals surface area contributed by atoms with Crippen LogP contribution in [0.15, 0.2) is 47.6 Å². The van der Waals surface area contributed by atoms with E-state index in [4.69, 9.17) is 0 Å². The average Bonchev–Trinajstić information content (AvgIpc) is 2.72. The van der Waals surface area contributed by atoms with Crippen molar-refractivity contribution in [2.45, 2.75) is 40.2 Å². The van der Waals surface area contributed by atoms with E-state index in [2.05, 4.69) is 42.7 Å². The molecule has 0 saturated carbocycles. The molecular formula is C23H31N3O3. The molecule has 156 valence electrons. The predicted octanol–water partition coefficient (Wildman–Crippen LogP) is 4.86. The van der Waals surface area contributed by atoms with Crippen molar-refractivity contribution in [3.05, 3.63) is 64.1 Å². The maximum absolute atomic E-state index is 11.8. The quantitative estimate of drug-likeness (QED) is 0.548. The smallest absolute Gasteiger partial charge is 0.307 e. The highest BCUT2D eigenvalue weighted by Crippen LogP contribution is 2.32. The first-order valence-corrected chi connectivity index (χ1v) is 10.3. The van der Waals surface area contributed by atoms with Crippen LogP contribution in [0.2, 0.25) is 0 Å². The third-order valence-electron chi connectivity index (χ3n) is 5.33. The van der Waals surface area contributed by atoms with Crippen molar-refractivity contribution < 1.29 is 9.90 Å². The highest BCUT2D eigenvalue weighted by atomic mass is 16.4. The minimum Gasteiger partial charge on any atom is -0.481 e. The molecule has 0 aliphatic heterocycles. The molecule has 29 heavy (non-hydrogen) atoms. The number of hydrogen-bond donors (Lipinski definition) is 1. The number of anilines is 2. The Morgan fingerprint density at radius 3 is 1.90 bits per heavy atom. The van der Waals surface area contributed by atoms with Gasteiger partial charge in [0.05, 0.1) is 6.42 Å². The van der Waals surface area contributed by atoms with Gasteiger partial charge in [-0.3, -0.25) is 4.79 Å². The first kappa shape index (κ1) is 22.4. The lowest BCUT2D eigenvalue weighted by molar-refractivity contribution is -0.136. The molecule has 1 N–H and O–H groups in total. The number of benzene rings is 2. The van der Waals surface area contributed by atoms with E-state index < -0.39 is 12.0 Å². The highest BCUT2D eigenvalue weighted by Gasteiger charge is 2.21. The van der Waals surface area contributed by atoms with Gasteiger partial charge in [0.15, 0.2) is 0 Å². The van der Waals surface area contributed by atoms with Crippen LogP contribution in [0.25, 0.3) is 0 Å². The van der Waals surface area contributed by atoms with Crippen LogP contribution in [0.1, 0.15) is 50.4 Å². The van der Waals surface area contributed by atoms with Gasteiger partial charge in [0.2, 0.25) is 0 Å². The molecule has 0 fully saturated rings. The molecule has 1 atom stereocenters. The maximum atomic E-state index is 11.8. The average molecular weight is 398 g/mol. The molecule has 2 rings (SSSR count). The minimum absolute atomic E-state index is 0.145. The number of carboxylic acid groups (broad SMARTS) is 1. The molecule has 6 nitrogen and oxygen atoms in total. The normalized spacial score (nSPS) is 11.7. The van der Waals surface area contributed by atoms with E-state index >= 15 is 0 Å². The summed E-state index contributed by atoms with van der Waals surface area (Å²) in [5, 5.41) is 12.7. The second-order valence-electron chi connectivity index (χ2n) is 6.90. The van der Waals surface area contributed by atoms with Crippen molar-refractivity contribution in [2.24, 2.45) is 5.18 Å². The molecule has 1 unspecified atom stereocenters. The number of nitroso groups, excluding NO2 is 1. The van der Waals surface area contributed by atoms with Crippen LogP contribution in [0.3, 0.4) is 0 Å². The molecule has 0 saturated heterocycles. The van der Waals surface area contributed by atoms with E-state index in [1.54, 1.807) is 0 Å². The summed E-state index contributed by atoms with van der Waals surface area (Å²) < 4.78 is 0. The van der Waals surface area contributed by atoms with E-state index in [-0.39, 0.29) is 6.42 Å². The molecule has 0 radical (unpaired) electrons. The van der Waals surface area contributed by atoms with Crippen LogP contribution in [0, 0.1) is 4.91 Å². The summed E-state index contributed by atoms with van der Waals surface area (Å²) in [7, 11) is 0. The highest BCUT2D eigenvalue weighted by molar-refractivity contribution is 5.72. The van der Waals surface area contributed by atoms with Crippen LogP contribution < -0.4 is 9.80 Å². The molecule has 0 aliphatic carbocycles. The molecule has 0 heterocycles. The maximum Gasteiger partial charge on any atom is 0.307 e. The van der Waals surface area contributed by atoms with Crippen LogP contribution in [0.4, 0.5) is 11.4 Å². The monoisotopic (exact) mass is 397 g/mol. The molecule has 2 aromatic carbocycles. The lowest BCUT2D eigenvalue weighted by Gasteiger charge is -2.24. The van der Waals surface area contributed by atoms with Crippen molar-refractivity contribution in [2.75, 3.05) is 36.0 Å². The van der Waals surface area contributed by atoms with Crippen molar-refractivity contribution in [1.82, 2.24) is 0 Å². The topological polar surface area (TPSA) is 73.2 Å². The van der Waals surface area contributed by atoms with Crippen LogP contribution in [0.5, 0.6) is 0 Å². The third-order valence-corrected chi connectivity index (χ3v) is 5.33. The summed E-state index contributed by atoms with van der Waals surface area (Å²) in [6.45, 7) is 11.8. The van der Waals surface area contributed by atoms with Gasteiger partial charge < -0.3 is 14.9 Å². The van der Waals surface area contributed by atoms with E-state index in [1.807, 2.05) is 42.5 Å². The first-order valence-electron chi connectivity index (χ1n) is 10.3. The second kappa shape index (κ2) is 10.6. The van der Waals surface area contributed by atoms with Gasteiger partial charge >= 0.3 is 5.97 Å². The van der Waals surface area contributed by atoms with E-state index in [0.29, 0.717) is 11.1 Å². The van der Waals surface area contributed by atoms with Gasteiger partial charge in [-0.1, -0.05) is 23.4 Å². The standard InChI is InChI=1S/C23H31N3O3/c1-5-25(6-2)19-11-9-17(10-12-19)23(24-29)21-14-13-20(26(7-3)8-4)15-18(21)16-22(27)28/h9-15,23H,5-8,16H2,1-4H3,(H,27,28). The first-order chi connectivity index (χ1) is 14.0. The predicted molar refractivity (Wildman–Crippen MR) is 119 cm³/mol. The fourth-order valence-corrected chi connectivity index (χ4v) is 3.71. The fourth-order valence-electron chi connectivity index (χ4n) is 3.71. The molecule has 2 aromatic rings. The molecule has 0 spiro atoms. The molecule has 0 amide bonds. The SMILES string of the molecule is CCN(CC)c1ccc(C(N=O)c2ccc(N(CC)CC)cc2CC(=O)O)cc1. The van der Waals surface area contributed by atoms with Gasteiger partial charge in [-0.15, -0.1) is 4.91 Å². The lowest BCUT2D eigenvalue weighted by Crippen LogP contribution is -2.22. The summed E-state index contributed by atoms with van der Waals surface area (Å²) in [5.41, 5.74) is 4.08. The minimum atomic E-state index is -0.926. The van der Waals surface area contributed by atoms with Gasteiger partial charge in [-0.05, 0) is 68.7 Å². The van der Waals surface area contributed by atoms with Crippen LogP contribution in [-0.4, -0.2) is 37.3 Å². The fraction of sp³-hybridized carbons (Fsp3) is 0.435. The van der Waals surface area contributed by atoms with E-state index in [1.165, 1.54) is 0 Å². The molecule has 6 heteroatoms. The van der Waals surface area contributed by atoms with Crippen molar-refractivity contribution in [1.29, 1.82) is 0 Å². The summed E-state index contributed by atoms with van der Waals surface area (Å²) in [6, 6.07) is 12.7. The Balaban J connectivity index is 2.45. The van der Waals surface area contributed by atoms with Gasteiger partial charge in [-0.2, -0.15) is 0 Å². The number of aliphatic carboxylic acids is 1. The third kappa shape index (κ3) is 5.34. The zero-order valence-corrected chi connectivity index (χ0v) is 17.8. The summed E-state index contributed by atoms with van der Waals surface area (Å²) in [4.78, 5) is 27.6. The Bertz CT molecular complexity index is 813. The number of carboxylic acids is 1. The van der Waals surface area contributed by atoms with Crippen molar-refractivity contribution >= 4 is 17.3 Å². The zero-order chi connectivity index (χ0) is 21.4. The molecule has 0 aromatic heterocycles. The Labute approximate surface area is 173 Å². The molecule has 0 aliphatic rings. The van der Waals surface area contributed by atoms with Gasteiger partial charge in [0.1, 0.15) is 6.04 Å². The van der Waals surface area contributed by atoms with Crippen LogP contribution in [-0.2, 0) is 11.2 Å². The van der Waals surface area contributed by atoms with E-state index in [9.17, 15) is 14.8 Å². The van der Waals surface area contributed by atoms with E-state index in [0.717, 1.165) is 43.1 Å². The van der Waals surface area contributed by atoms with Gasteiger partial charge in [-0.25, -0.2) is 0 Å². The zero-order valence-electron chi connectivity index (χ0n) is 17.8. The van der Waals surface area contributed by atoms with Crippen molar-refractivity contribution in [3.8, 4) is 0 Å². The number of nitrogens with zero attached hydrogens (tertiary/aromatic N) is 3. The van der Waals surface area contributed by atoms with Crippen LogP contribution >= 0.6 is 0 Å². The summed E-state index contributed by atoms with van der Waals surface area (Å²) >= 11 is 0. The van der Waals surface area contributed by atoms with Crippen molar-refractivity contribution in [3.63, 3.8) is 0 Å². The second-order valence-corrected chi connectivity index (χ2v) is 6.90. The molecule has 0 bridgehead atoms. The Morgan fingerprint density at radius 2 is 1.41 bits per heavy atom. The number of carbonyl (C=O) groups is 1. The van der Waals surface area contributed by atoms with Gasteiger partial charge in [0, 0.05) is 37.6 Å². The Morgan fingerprint density at radius 1 is 0.897 bits per heavy atom. The molecular weight excluding hydrogens is 366 g/mol. The van der Waals surface area contributed by atoms with Gasteiger partial charge in [0.25, 0.3) is 0 Å². The summed E-state index contributed by atoms with van der Waals surface area (Å²) in [5.74, 6) is -0.926. The summed E-state index contributed by atoms with van der Waals surface area (Å²) in [6.07, 6.45) is -0.145. The lowest BCUT2D eigenvalue weighted by atomic mass is 9.92. The largest absolute Gasteiger partial charge is 0.481 e.